The fourth-order valence-electron chi connectivity index (χ4n) is 3.50. The van der Waals surface area contributed by atoms with E-state index in [1.807, 2.05) is 18.2 Å². The molecule has 6 nitrogen and oxygen atoms in total. The SMILES string of the molecule is O=C(CS(=O)(=O)c1cn(Cc2cccc(Br)c2)c2cc(F)cc(F)c12)NCc1ccccn1. The third kappa shape index (κ3) is 5.28. The zero-order valence-electron chi connectivity index (χ0n) is 17.1. The molecule has 2 aromatic carbocycles. The van der Waals surface area contributed by atoms with Crippen molar-refractivity contribution in [3.63, 3.8) is 0 Å². The van der Waals surface area contributed by atoms with Gasteiger partial charge in [-0.15, -0.1) is 0 Å². The second-order valence-corrected chi connectivity index (χ2v) is 10.3. The standard InChI is InChI=1S/C23H18BrF2N3O3S/c24-16-5-3-4-15(8-16)12-29-13-21(23-19(26)9-17(25)10-20(23)29)33(31,32)14-22(30)28-11-18-6-1-2-7-27-18/h1-10,13H,11-12,14H2,(H,28,30). The third-order valence-corrected chi connectivity index (χ3v) is 7.07. The van der Waals surface area contributed by atoms with Crippen LogP contribution in [0, 0.1) is 11.6 Å². The van der Waals surface area contributed by atoms with Gasteiger partial charge in [-0.3, -0.25) is 9.78 Å². The number of benzene rings is 2. The van der Waals surface area contributed by atoms with Crippen LogP contribution in [-0.4, -0.2) is 29.6 Å². The number of fused-ring (bicyclic) bond motifs is 1. The number of carbonyl (C=O) groups is 1. The van der Waals surface area contributed by atoms with E-state index in [-0.39, 0.29) is 28.9 Å². The summed E-state index contributed by atoms with van der Waals surface area (Å²) in [6.07, 6.45) is 2.80. The largest absolute Gasteiger partial charge is 0.350 e. The number of hydrogen-bond acceptors (Lipinski definition) is 4. The topological polar surface area (TPSA) is 81.1 Å². The average Bonchev–Trinajstić information content (AvgIpc) is 3.12. The second-order valence-electron chi connectivity index (χ2n) is 7.39. The van der Waals surface area contributed by atoms with Crippen molar-refractivity contribution in [2.24, 2.45) is 0 Å². The van der Waals surface area contributed by atoms with Crippen molar-refractivity contribution in [2.45, 2.75) is 18.0 Å². The van der Waals surface area contributed by atoms with E-state index in [1.165, 1.54) is 10.8 Å². The van der Waals surface area contributed by atoms with E-state index in [0.29, 0.717) is 11.8 Å². The molecule has 1 N–H and O–H groups in total. The Morgan fingerprint density at radius 2 is 1.91 bits per heavy atom. The van der Waals surface area contributed by atoms with Crippen molar-refractivity contribution in [3.8, 4) is 0 Å². The Morgan fingerprint density at radius 3 is 2.64 bits per heavy atom. The molecule has 170 valence electrons. The zero-order chi connectivity index (χ0) is 23.6. The summed E-state index contributed by atoms with van der Waals surface area (Å²) >= 11 is 3.37. The van der Waals surface area contributed by atoms with Crippen LogP contribution in [0.3, 0.4) is 0 Å². The highest BCUT2D eigenvalue weighted by Crippen LogP contribution is 2.30. The van der Waals surface area contributed by atoms with Crippen LogP contribution in [0.15, 0.2) is 76.4 Å². The van der Waals surface area contributed by atoms with E-state index in [2.05, 4.69) is 26.2 Å². The molecule has 4 aromatic rings. The van der Waals surface area contributed by atoms with Crippen molar-refractivity contribution in [3.05, 3.63) is 94.4 Å². The molecular formula is C23H18BrF2N3O3S. The van der Waals surface area contributed by atoms with Crippen LogP contribution in [0.4, 0.5) is 8.78 Å². The minimum atomic E-state index is -4.23. The summed E-state index contributed by atoms with van der Waals surface area (Å²) in [5.41, 5.74) is 1.44. The van der Waals surface area contributed by atoms with Crippen LogP contribution in [0.5, 0.6) is 0 Å². The molecule has 0 atom stereocenters. The molecule has 10 heteroatoms. The molecule has 0 saturated carbocycles. The molecule has 4 rings (SSSR count). The predicted octanol–water partition coefficient (Wildman–Crippen LogP) is 4.22. The lowest BCUT2D eigenvalue weighted by Gasteiger charge is -2.06. The normalized spacial score (nSPS) is 11.6. The lowest BCUT2D eigenvalue weighted by Crippen LogP contribution is -2.30. The fourth-order valence-corrected chi connectivity index (χ4v) is 5.35. The molecule has 33 heavy (non-hydrogen) atoms. The van der Waals surface area contributed by atoms with E-state index in [1.54, 1.807) is 30.5 Å². The van der Waals surface area contributed by atoms with E-state index in [0.717, 1.165) is 16.1 Å². The number of sulfone groups is 1. The Morgan fingerprint density at radius 1 is 1.09 bits per heavy atom. The van der Waals surface area contributed by atoms with E-state index >= 15 is 0 Å². The summed E-state index contributed by atoms with van der Waals surface area (Å²) in [5.74, 6) is -3.47. The molecule has 2 aromatic heterocycles. The maximum atomic E-state index is 14.7. The van der Waals surface area contributed by atoms with Gasteiger partial charge in [0, 0.05) is 29.5 Å². The molecular weight excluding hydrogens is 516 g/mol. The van der Waals surface area contributed by atoms with Gasteiger partial charge in [-0.25, -0.2) is 17.2 Å². The predicted molar refractivity (Wildman–Crippen MR) is 123 cm³/mol. The number of amides is 1. The first-order valence-corrected chi connectivity index (χ1v) is 12.3. The van der Waals surface area contributed by atoms with Gasteiger partial charge in [-0.2, -0.15) is 0 Å². The van der Waals surface area contributed by atoms with Gasteiger partial charge in [0.15, 0.2) is 9.84 Å². The van der Waals surface area contributed by atoms with Gasteiger partial charge in [0.1, 0.15) is 17.4 Å². The average molecular weight is 534 g/mol. The van der Waals surface area contributed by atoms with Crippen molar-refractivity contribution in [2.75, 3.05) is 5.75 Å². The number of pyridine rings is 1. The molecule has 0 aliphatic rings. The van der Waals surface area contributed by atoms with Crippen LogP contribution >= 0.6 is 15.9 Å². The highest BCUT2D eigenvalue weighted by atomic mass is 79.9. The fraction of sp³-hybridized carbons (Fsp3) is 0.130. The minimum absolute atomic E-state index is 0.0550. The number of nitrogens with zero attached hydrogens (tertiary/aromatic N) is 2. The van der Waals surface area contributed by atoms with Gasteiger partial charge >= 0.3 is 0 Å². The lowest BCUT2D eigenvalue weighted by atomic mass is 10.2. The molecule has 0 spiro atoms. The molecule has 0 unspecified atom stereocenters. The summed E-state index contributed by atoms with van der Waals surface area (Å²) in [4.78, 5) is 16.0. The van der Waals surface area contributed by atoms with E-state index < -0.39 is 33.1 Å². The van der Waals surface area contributed by atoms with Crippen LogP contribution in [0.1, 0.15) is 11.3 Å². The Labute approximate surface area is 197 Å². The Balaban J connectivity index is 1.66. The van der Waals surface area contributed by atoms with Gasteiger partial charge in [0.25, 0.3) is 0 Å². The summed E-state index contributed by atoms with van der Waals surface area (Å²) in [7, 11) is -4.23. The Hall–Kier alpha value is -3.11. The van der Waals surface area contributed by atoms with Crippen molar-refractivity contribution < 1.29 is 22.0 Å². The monoisotopic (exact) mass is 533 g/mol. The summed E-state index contributed by atoms with van der Waals surface area (Å²) in [5, 5.41) is 2.26. The van der Waals surface area contributed by atoms with Crippen LogP contribution in [0.25, 0.3) is 10.9 Å². The molecule has 0 aliphatic carbocycles. The second kappa shape index (κ2) is 9.40. The first-order valence-electron chi connectivity index (χ1n) is 9.84. The number of hydrogen-bond donors (Lipinski definition) is 1. The molecule has 0 bridgehead atoms. The van der Waals surface area contributed by atoms with Gasteiger partial charge < -0.3 is 9.88 Å². The summed E-state index contributed by atoms with van der Waals surface area (Å²) < 4.78 is 57.1. The smallest absolute Gasteiger partial charge is 0.235 e. The van der Waals surface area contributed by atoms with E-state index in [9.17, 15) is 22.0 Å². The van der Waals surface area contributed by atoms with Gasteiger partial charge in [0.05, 0.1) is 28.0 Å². The molecule has 0 aliphatic heterocycles. The first kappa shape index (κ1) is 23.1. The maximum Gasteiger partial charge on any atom is 0.235 e. The minimum Gasteiger partial charge on any atom is -0.350 e. The van der Waals surface area contributed by atoms with Crippen molar-refractivity contribution in [1.82, 2.24) is 14.9 Å². The number of nitrogens with one attached hydrogen (secondary N) is 1. The van der Waals surface area contributed by atoms with Crippen LogP contribution in [0.2, 0.25) is 0 Å². The van der Waals surface area contributed by atoms with Gasteiger partial charge in [-0.1, -0.05) is 34.1 Å². The molecule has 2 heterocycles. The van der Waals surface area contributed by atoms with Gasteiger partial charge in [-0.05, 0) is 35.9 Å². The van der Waals surface area contributed by atoms with Crippen LogP contribution in [-0.2, 0) is 27.7 Å². The first-order chi connectivity index (χ1) is 15.7. The number of halogens is 3. The Kier molecular flexibility index (Phi) is 6.57. The van der Waals surface area contributed by atoms with Crippen molar-refractivity contribution in [1.29, 1.82) is 0 Å². The number of carbonyl (C=O) groups excluding carboxylic acids is 1. The summed E-state index contributed by atoms with van der Waals surface area (Å²) in [6.45, 7) is 0.236. The third-order valence-electron chi connectivity index (χ3n) is 4.95. The molecule has 0 saturated heterocycles. The quantitative estimate of drug-likeness (QED) is 0.385. The lowest BCUT2D eigenvalue weighted by molar-refractivity contribution is -0.118. The highest BCUT2D eigenvalue weighted by molar-refractivity contribution is 9.10. The summed E-state index contributed by atoms with van der Waals surface area (Å²) in [6, 6.07) is 14.1. The molecule has 0 fully saturated rings. The Bertz CT molecular complexity index is 1440. The van der Waals surface area contributed by atoms with E-state index in [4.69, 9.17) is 0 Å². The van der Waals surface area contributed by atoms with Gasteiger partial charge in [0.2, 0.25) is 5.91 Å². The zero-order valence-corrected chi connectivity index (χ0v) is 19.5. The number of rotatable bonds is 7. The van der Waals surface area contributed by atoms with Crippen molar-refractivity contribution >= 4 is 42.6 Å². The maximum absolute atomic E-state index is 14.7. The number of aromatic nitrogens is 2. The molecule has 1 amide bonds. The highest BCUT2D eigenvalue weighted by Gasteiger charge is 2.27. The van der Waals surface area contributed by atoms with Crippen LogP contribution < -0.4 is 5.32 Å². The molecule has 0 radical (unpaired) electrons.